The standard InChI is InChI=1S/C26H31NO4.ClH/c1-4-30-24-12-8-11-22(26(24)31-19-21-9-6-5-7-10-21)18-27-16-15-20-13-14-23(28-2)25(17-20)29-3;/h5-14,17,27H,4,15-16,18-19H2,1-3H3;1H. The molecular formula is C26H32ClNO4. The van der Waals surface area contributed by atoms with Crippen LogP contribution in [0, 0.1) is 0 Å². The molecule has 32 heavy (non-hydrogen) atoms. The molecule has 0 aromatic heterocycles. The van der Waals surface area contributed by atoms with E-state index in [9.17, 15) is 0 Å². The molecule has 0 unspecified atom stereocenters. The van der Waals surface area contributed by atoms with Gasteiger partial charge in [0.25, 0.3) is 0 Å². The van der Waals surface area contributed by atoms with Gasteiger partial charge in [0.2, 0.25) is 0 Å². The lowest BCUT2D eigenvalue weighted by Crippen LogP contribution is -2.17. The zero-order chi connectivity index (χ0) is 21.9. The summed E-state index contributed by atoms with van der Waals surface area (Å²) in [6.07, 6.45) is 0.881. The third-order valence-electron chi connectivity index (χ3n) is 4.94. The van der Waals surface area contributed by atoms with Gasteiger partial charge in [-0.15, -0.1) is 12.4 Å². The maximum Gasteiger partial charge on any atom is 0.166 e. The van der Waals surface area contributed by atoms with E-state index in [2.05, 4.69) is 29.6 Å². The van der Waals surface area contributed by atoms with Gasteiger partial charge in [-0.1, -0.05) is 48.5 Å². The number of rotatable bonds is 12. The molecule has 0 saturated heterocycles. The maximum absolute atomic E-state index is 6.18. The minimum Gasteiger partial charge on any atom is -0.493 e. The van der Waals surface area contributed by atoms with E-state index in [0.29, 0.717) is 19.8 Å². The molecule has 3 aromatic carbocycles. The van der Waals surface area contributed by atoms with E-state index in [0.717, 1.165) is 47.1 Å². The van der Waals surface area contributed by atoms with E-state index < -0.39 is 0 Å². The van der Waals surface area contributed by atoms with Gasteiger partial charge in [0.1, 0.15) is 6.61 Å². The third kappa shape index (κ3) is 7.08. The zero-order valence-corrected chi connectivity index (χ0v) is 19.7. The topological polar surface area (TPSA) is 49.0 Å². The number of methoxy groups -OCH3 is 2. The van der Waals surface area contributed by atoms with Crippen molar-refractivity contribution in [2.75, 3.05) is 27.4 Å². The molecule has 0 heterocycles. The molecule has 5 nitrogen and oxygen atoms in total. The predicted molar refractivity (Wildman–Crippen MR) is 131 cm³/mol. The summed E-state index contributed by atoms with van der Waals surface area (Å²) in [5.41, 5.74) is 3.39. The normalized spacial score (nSPS) is 10.2. The molecule has 0 fully saturated rings. The molecule has 1 N–H and O–H groups in total. The Hall–Kier alpha value is -2.89. The first-order valence-corrected chi connectivity index (χ1v) is 10.6. The number of para-hydroxylation sites is 1. The lowest BCUT2D eigenvalue weighted by atomic mass is 10.1. The Balaban J connectivity index is 0.00000363. The van der Waals surface area contributed by atoms with Crippen molar-refractivity contribution < 1.29 is 18.9 Å². The first kappa shape index (κ1) is 25.4. The average molecular weight is 458 g/mol. The quantitative estimate of drug-likeness (QED) is 0.367. The van der Waals surface area contributed by atoms with Crippen LogP contribution in [0.2, 0.25) is 0 Å². The molecule has 0 aliphatic heterocycles. The molecule has 0 bridgehead atoms. The van der Waals surface area contributed by atoms with Gasteiger partial charge >= 0.3 is 0 Å². The minimum atomic E-state index is 0. The molecule has 0 radical (unpaired) electrons. The van der Waals surface area contributed by atoms with Crippen molar-refractivity contribution in [2.45, 2.75) is 26.5 Å². The van der Waals surface area contributed by atoms with Crippen LogP contribution >= 0.6 is 12.4 Å². The van der Waals surface area contributed by atoms with E-state index in [4.69, 9.17) is 18.9 Å². The van der Waals surface area contributed by atoms with Crippen LogP contribution in [0.25, 0.3) is 0 Å². The van der Waals surface area contributed by atoms with Gasteiger partial charge in [-0.05, 0) is 49.2 Å². The molecule has 6 heteroatoms. The Kier molecular flexibility index (Phi) is 10.7. The number of halogens is 1. The Labute approximate surface area is 197 Å². The third-order valence-corrected chi connectivity index (χ3v) is 4.94. The average Bonchev–Trinajstić information content (AvgIpc) is 2.82. The fourth-order valence-corrected chi connectivity index (χ4v) is 3.36. The van der Waals surface area contributed by atoms with Crippen molar-refractivity contribution in [3.8, 4) is 23.0 Å². The zero-order valence-electron chi connectivity index (χ0n) is 18.9. The second kappa shape index (κ2) is 13.5. The highest BCUT2D eigenvalue weighted by molar-refractivity contribution is 5.85. The number of hydrogen-bond acceptors (Lipinski definition) is 5. The molecule has 0 saturated carbocycles. The van der Waals surface area contributed by atoms with Crippen LogP contribution in [0.3, 0.4) is 0 Å². The molecule has 0 aliphatic rings. The SMILES string of the molecule is CCOc1cccc(CNCCc2ccc(OC)c(OC)c2)c1OCc1ccccc1.Cl. The Morgan fingerprint density at radius 2 is 1.53 bits per heavy atom. The van der Waals surface area contributed by atoms with Gasteiger partial charge in [-0.3, -0.25) is 0 Å². The summed E-state index contributed by atoms with van der Waals surface area (Å²) in [7, 11) is 3.30. The van der Waals surface area contributed by atoms with Gasteiger partial charge in [0, 0.05) is 12.1 Å². The number of benzene rings is 3. The smallest absolute Gasteiger partial charge is 0.166 e. The minimum absolute atomic E-state index is 0. The lowest BCUT2D eigenvalue weighted by molar-refractivity contribution is 0.266. The second-order valence-electron chi connectivity index (χ2n) is 7.07. The highest BCUT2D eigenvalue weighted by Gasteiger charge is 2.12. The predicted octanol–water partition coefficient (Wildman–Crippen LogP) is 5.44. The van der Waals surface area contributed by atoms with Crippen LogP contribution in [0.4, 0.5) is 0 Å². The van der Waals surface area contributed by atoms with E-state index in [1.54, 1.807) is 14.2 Å². The summed E-state index contributed by atoms with van der Waals surface area (Å²) < 4.78 is 22.7. The number of ether oxygens (including phenoxy) is 4. The Bertz CT molecular complexity index is 950. The fourth-order valence-electron chi connectivity index (χ4n) is 3.36. The Morgan fingerprint density at radius 1 is 0.750 bits per heavy atom. The van der Waals surface area contributed by atoms with Crippen molar-refractivity contribution in [3.05, 3.63) is 83.4 Å². The van der Waals surface area contributed by atoms with Crippen molar-refractivity contribution >= 4 is 12.4 Å². The highest BCUT2D eigenvalue weighted by Crippen LogP contribution is 2.32. The first-order chi connectivity index (χ1) is 15.2. The van der Waals surface area contributed by atoms with Gasteiger partial charge in [-0.25, -0.2) is 0 Å². The van der Waals surface area contributed by atoms with E-state index >= 15 is 0 Å². The molecule has 0 amide bonds. The summed E-state index contributed by atoms with van der Waals surface area (Å²) in [5.74, 6) is 3.07. The summed E-state index contributed by atoms with van der Waals surface area (Å²) in [6, 6.07) is 22.2. The van der Waals surface area contributed by atoms with Crippen molar-refractivity contribution in [3.63, 3.8) is 0 Å². The largest absolute Gasteiger partial charge is 0.493 e. The second-order valence-corrected chi connectivity index (χ2v) is 7.07. The molecule has 0 aliphatic carbocycles. The van der Waals surface area contributed by atoms with Crippen molar-refractivity contribution in [1.29, 1.82) is 0 Å². The van der Waals surface area contributed by atoms with Crippen LogP contribution in [0.5, 0.6) is 23.0 Å². The first-order valence-electron chi connectivity index (χ1n) is 10.6. The molecule has 0 atom stereocenters. The lowest BCUT2D eigenvalue weighted by Gasteiger charge is -2.17. The van der Waals surface area contributed by atoms with Gasteiger partial charge < -0.3 is 24.3 Å². The van der Waals surface area contributed by atoms with E-state index in [1.165, 1.54) is 5.56 Å². The number of nitrogens with one attached hydrogen (secondary N) is 1. The van der Waals surface area contributed by atoms with E-state index in [-0.39, 0.29) is 12.4 Å². The summed E-state index contributed by atoms with van der Waals surface area (Å²) in [5, 5.41) is 3.52. The van der Waals surface area contributed by atoms with Crippen LogP contribution in [0.15, 0.2) is 66.7 Å². The number of hydrogen-bond donors (Lipinski definition) is 1. The van der Waals surface area contributed by atoms with Crippen molar-refractivity contribution in [2.24, 2.45) is 0 Å². The molecule has 0 spiro atoms. The van der Waals surface area contributed by atoms with Crippen LogP contribution < -0.4 is 24.3 Å². The highest BCUT2D eigenvalue weighted by atomic mass is 35.5. The summed E-state index contributed by atoms with van der Waals surface area (Å²) >= 11 is 0. The molecule has 3 rings (SSSR count). The van der Waals surface area contributed by atoms with Crippen LogP contribution in [-0.2, 0) is 19.6 Å². The summed E-state index contributed by atoms with van der Waals surface area (Å²) in [4.78, 5) is 0. The van der Waals surface area contributed by atoms with Crippen LogP contribution in [-0.4, -0.2) is 27.4 Å². The van der Waals surface area contributed by atoms with Crippen LogP contribution in [0.1, 0.15) is 23.6 Å². The monoisotopic (exact) mass is 457 g/mol. The molecular weight excluding hydrogens is 426 g/mol. The molecule has 3 aromatic rings. The van der Waals surface area contributed by atoms with Gasteiger partial charge in [-0.2, -0.15) is 0 Å². The summed E-state index contributed by atoms with van der Waals surface area (Å²) in [6.45, 7) is 4.60. The van der Waals surface area contributed by atoms with E-state index in [1.807, 2.05) is 49.4 Å². The fraction of sp³-hybridized carbons (Fsp3) is 0.308. The van der Waals surface area contributed by atoms with Gasteiger partial charge in [0.05, 0.1) is 20.8 Å². The van der Waals surface area contributed by atoms with Crippen molar-refractivity contribution in [1.82, 2.24) is 5.32 Å². The maximum atomic E-state index is 6.18. The van der Waals surface area contributed by atoms with Gasteiger partial charge in [0.15, 0.2) is 23.0 Å². The molecule has 172 valence electrons. The Morgan fingerprint density at radius 3 is 2.25 bits per heavy atom.